The number of pyridine rings is 1. The lowest BCUT2D eigenvalue weighted by molar-refractivity contribution is 0.0666. The third kappa shape index (κ3) is 3.20. The van der Waals surface area contributed by atoms with E-state index < -0.39 is 11.7 Å². The average molecular weight is 368 g/mol. The molecule has 1 aromatic heterocycles. The third-order valence-electron chi connectivity index (χ3n) is 6.69. The lowest BCUT2D eigenvalue weighted by atomic mass is 9.53. The van der Waals surface area contributed by atoms with Gasteiger partial charge in [-0.1, -0.05) is 31.9 Å². The van der Waals surface area contributed by atoms with Crippen LogP contribution in [0.1, 0.15) is 61.4 Å². The molecule has 2 aromatic rings. The molecular formula is C22H25FN2O2. The predicted octanol–water partition coefficient (Wildman–Crippen LogP) is 4.97. The van der Waals surface area contributed by atoms with Crippen LogP contribution in [0, 0.1) is 17.7 Å². The number of aromatic nitrogens is 1. The number of halogens is 1. The van der Waals surface area contributed by atoms with Crippen molar-refractivity contribution in [2.75, 3.05) is 0 Å². The minimum atomic E-state index is -0.719. The number of nitrogens with two attached hydrogens (primary N) is 1. The van der Waals surface area contributed by atoms with Gasteiger partial charge in [0.2, 0.25) is 5.91 Å². The maximum absolute atomic E-state index is 14.1. The van der Waals surface area contributed by atoms with Crippen molar-refractivity contribution in [1.29, 1.82) is 0 Å². The molecule has 5 heteroatoms. The number of amides is 1. The summed E-state index contributed by atoms with van der Waals surface area (Å²) in [4.78, 5) is 15.0. The van der Waals surface area contributed by atoms with Crippen LogP contribution in [-0.4, -0.2) is 10.9 Å². The van der Waals surface area contributed by atoms with Gasteiger partial charge in [0.15, 0.2) is 5.82 Å². The molecule has 2 saturated carbocycles. The maximum Gasteiger partial charge on any atom is 0.255 e. The van der Waals surface area contributed by atoms with Gasteiger partial charge in [-0.05, 0) is 66.7 Å². The van der Waals surface area contributed by atoms with Gasteiger partial charge in [0.1, 0.15) is 5.75 Å². The fourth-order valence-electron chi connectivity index (χ4n) is 5.14. The monoisotopic (exact) mass is 368 g/mol. The Morgan fingerprint density at radius 1 is 1.15 bits per heavy atom. The Balaban J connectivity index is 1.55. The molecule has 2 aliphatic carbocycles. The SMILES string of the molecule is CC1(c2ccc(Oc3ncc(C(N)=O)cc3F)cc2)C2CCCC1CCC2. The van der Waals surface area contributed by atoms with Crippen molar-refractivity contribution in [1.82, 2.24) is 4.98 Å². The molecule has 4 rings (SSSR count). The van der Waals surface area contributed by atoms with E-state index in [1.165, 1.54) is 50.3 Å². The lowest BCUT2D eigenvalue weighted by Crippen LogP contribution is -2.45. The summed E-state index contributed by atoms with van der Waals surface area (Å²) >= 11 is 0. The van der Waals surface area contributed by atoms with E-state index in [1.807, 2.05) is 12.1 Å². The highest BCUT2D eigenvalue weighted by molar-refractivity contribution is 5.92. The van der Waals surface area contributed by atoms with Crippen LogP contribution in [0.5, 0.6) is 11.6 Å². The Hall–Kier alpha value is -2.43. The molecule has 0 radical (unpaired) electrons. The normalized spacial score (nSPS) is 27.2. The predicted molar refractivity (Wildman–Crippen MR) is 101 cm³/mol. The van der Waals surface area contributed by atoms with Crippen molar-refractivity contribution in [2.24, 2.45) is 17.6 Å². The first-order chi connectivity index (χ1) is 13.0. The van der Waals surface area contributed by atoms with Crippen LogP contribution in [0.3, 0.4) is 0 Å². The second-order valence-electron chi connectivity index (χ2n) is 8.04. The Bertz CT molecular complexity index is 828. The first-order valence-electron chi connectivity index (χ1n) is 9.72. The number of carbonyl (C=O) groups is 1. The minimum Gasteiger partial charge on any atom is -0.436 e. The molecule has 4 nitrogen and oxygen atoms in total. The van der Waals surface area contributed by atoms with E-state index in [0.29, 0.717) is 5.75 Å². The van der Waals surface area contributed by atoms with Crippen molar-refractivity contribution < 1.29 is 13.9 Å². The number of nitrogens with zero attached hydrogens (tertiary/aromatic N) is 1. The minimum absolute atomic E-state index is 0.0203. The molecule has 2 bridgehead atoms. The lowest BCUT2D eigenvalue weighted by Gasteiger charge is -2.52. The Morgan fingerprint density at radius 2 is 1.74 bits per heavy atom. The molecule has 2 aliphatic rings. The number of primary amides is 1. The molecule has 1 amide bonds. The summed E-state index contributed by atoms with van der Waals surface area (Å²) in [6.07, 6.45) is 9.16. The number of rotatable bonds is 4. The second-order valence-corrected chi connectivity index (χ2v) is 8.04. The topological polar surface area (TPSA) is 65.2 Å². The number of benzene rings is 1. The van der Waals surface area contributed by atoms with E-state index in [0.717, 1.165) is 17.9 Å². The van der Waals surface area contributed by atoms with Gasteiger partial charge in [-0.2, -0.15) is 0 Å². The fraction of sp³-hybridized carbons (Fsp3) is 0.455. The van der Waals surface area contributed by atoms with Crippen molar-refractivity contribution in [3.8, 4) is 11.6 Å². The number of ether oxygens (including phenoxy) is 1. The van der Waals surface area contributed by atoms with Crippen LogP contribution < -0.4 is 10.5 Å². The number of hydrogen-bond donors (Lipinski definition) is 1. The van der Waals surface area contributed by atoms with Gasteiger partial charge in [0.25, 0.3) is 5.88 Å². The van der Waals surface area contributed by atoms with Gasteiger partial charge >= 0.3 is 0 Å². The van der Waals surface area contributed by atoms with Crippen LogP contribution in [0.15, 0.2) is 36.5 Å². The first kappa shape index (κ1) is 18.0. The highest BCUT2D eigenvalue weighted by atomic mass is 19.1. The first-order valence-corrected chi connectivity index (χ1v) is 9.72. The summed E-state index contributed by atoms with van der Waals surface area (Å²) in [5.74, 6) is 0.442. The van der Waals surface area contributed by atoms with Crippen molar-refractivity contribution in [3.63, 3.8) is 0 Å². The van der Waals surface area contributed by atoms with Crippen molar-refractivity contribution >= 4 is 5.91 Å². The van der Waals surface area contributed by atoms with Crippen molar-refractivity contribution in [3.05, 3.63) is 53.5 Å². The van der Waals surface area contributed by atoms with Crippen LogP contribution >= 0.6 is 0 Å². The fourth-order valence-corrected chi connectivity index (χ4v) is 5.14. The van der Waals surface area contributed by atoms with Crippen LogP contribution in [-0.2, 0) is 5.41 Å². The summed E-state index contributed by atoms with van der Waals surface area (Å²) in [6, 6.07) is 9.04. The summed E-state index contributed by atoms with van der Waals surface area (Å²) in [7, 11) is 0. The molecule has 0 unspecified atom stereocenters. The molecular weight excluding hydrogens is 343 g/mol. The van der Waals surface area contributed by atoms with Gasteiger partial charge in [0, 0.05) is 6.20 Å². The van der Waals surface area contributed by atoms with E-state index >= 15 is 0 Å². The largest absolute Gasteiger partial charge is 0.436 e. The highest BCUT2D eigenvalue weighted by Gasteiger charge is 2.46. The maximum atomic E-state index is 14.1. The molecule has 2 N–H and O–H groups in total. The molecule has 0 saturated heterocycles. The number of carbonyl (C=O) groups excluding carboxylic acids is 1. The van der Waals surface area contributed by atoms with E-state index in [2.05, 4.69) is 24.0 Å². The van der Waals surface area contributed by atoms with Gasteiger partial charge in [-0.25, -0.2) is 9.37 Å². The van der Waals surface area contributed by atoms with Gasteiger partial charge in [-0.15, -0.1) is 0 Å². The molecule has 142 valence electrons. The highest BCUT2D eigenvalue weighted by Crippen LogP contribution is 2.54. The van der Waals surface area contributed by atoms with Gasteiger partial charge in [0.05, 0.1) is 5.56 Å². The molecule has 0 atom stereocenters. The van der Waals surface area contributed by atoms with E-state index in [1.54, 1.807) is 0 Å². The average Bonchev–Trinajstić information content (AvgIpc) is 2.63. The Labute approximate surface area is 158 Å². The zero-order valence-corrected chi connectivity index (χ0v) is 15.6. The molecule has 0 aliphatic heterocycles. The van der Waals surface area contributed by atoms with Gasteiger partial charge < -0.3 is 10.5 Å². The van der Waals surface area contributed by atoms with Crippen LogP contribution in [0.4, 0.5) is 4.39 Å². The van der Waals surface area contributed by atoms with Crippen LogP contribution in [0.25, 0.3) is 0 Å². The van der Waals surface area contributed by atoms with Gasteiger partial charge in [-0.3, -0.25) is 4.79 Å². The Kier molecular flexibility index (Phi) is 4.62. The zero-order valence-electron chi connectivity index (χ0n) is 15.6. The summed E-state index contributed by atoms with van der Waals surface area (Å²) in [5, 5.41) is 0. The van der Waals surface area contributed by atoms with E-state index in [4.69, 9.17) is 10.5 Å². The summed E-state index contributed by atoms with van der Waals surface area (Å²) in [6.45, 7) is 2.42. The number of hydrogen-bond acceptors (Lipinski definition) is 3. The summed E-state index contributed by atoms with van der Waals surface area (Å²) < 4.78 is 19.7. The van der Waals surface area contributed by atoms with Crippen molar-refractivity contribution in [2.45, 2.75) is 50.9 Å². The third-order valence-corrected chi connectivity index (χ3v) is 6.69. The zero-order chi connectivity index (χ0) is 19.0. The standard InChI is InChI=1S/C22H25FN2O2/c1-22(15-4-2-5-16(22)7-3-6-15)17-8-10-18(11-9-17)27-21-19(23)12-14(13-25-21)20(24)26/h8-13,15-16H,2-7H2,1H3,(H2,24,26). The smallest absolute Gasteiger partial charge is 0.255 e. The molecule has 2 fully saturated rings. The number of fused-ring (bicyclic) bond motifs is 2. The molecule has 27 heavy (non-hydrogen) atoms. The van der Waals surface area contributed by atoms with E-state index in [9.17, 15) is 9.18 Å². The molecule has 1 heterocycles. The summed E-state index contributed by atoms with van der Waals surface area (Å²) in [5.41, 5.74) is 6.73. The molecule has 1 aromatic carbocycles. The quantitative estimate of drug-likeness (QED) is 0.828. The second kappa shape index (κ2) is 6.95. The van der Waals surface area contributed by atoms with E-state index in [-0.39, 0.29) is 16.9 Å². The van der Waals surface area contributed by atoms with Crippen LogP contribution in [0.2, 0.25) is 0 Å². The Morgan fingerprint density at radius 3 is 2.26 bits per heavy atom. The molecule has 0 spiro atoms.